The van der Waals surface area contributed by atoms with E-state index in [2.05, 4.69) is 25.3 Å². The highest BCUT2D eigenvalue weighted by Crippen LogP contribution is 2.26. The number of rotatable bonds is 1. The number of ether oxygens (including phenoxy) is 1. The molecule has 0 radical (unpaired) electrons. The van der Waals surface area contributed by atoms with E-state index in [0.717, 1.165) is 31.0 Å². The van der Waals surface area contributed by atoms with Crippen molar-refractivity contribution in [3.63, 3.8) is 0 Å². The normalized spacial score (nSPS) is 25.1. The Bertz CT molecular complexity index is 698. The van der Waals surface area contributed by atoms with E-state index in [1.807, 2.05) is 0 Å². The third-order valence-electron chi connectivity index (χ3n) is 5.10. The Labute approximate surface area is 158 Å². The first-order valence-electron chi connectivity index (χ1n) is 8.85. The zero-order valence-corrected chi connectivity index (χ0v) is 15.7. The minimum Gasteiger partial charge on any atom is -0.491 e. The SMILES string of the molecule is S=C(N/N=C1/CCOc2cc(Cl)cnc21)N1CCN2CCCCC2C1. The first kappa shape index (κ1) is 17.0. The van der Waals surface area contributed by atoms with Crippen molar-refractivity contribution in [2.75, 3.05) is 32.8 Å². The number of hydrogen-bond acceptors (Lipinski definition) is 5. The van der Waals surface area contributed by atoms with Crippen molar-refractivity contribution in [3.8, 4) is 5.75 Å². The van der Waals surface area contributed by atoms with E-state index in [-0.39, 0.29) is 0 Å². The van der Waals surface area contributed by atoms with Gasteiger partial charge < -0.3 is 9.64 Å². The van der Waals surface area contributed by atoms with Gasteiger partial charge in [-0.2, -0.15) is 5.10 Å². The topological polar surface area (TPSA) is 53.0 Å². The Balaban J connectivity index is 1.41. The smallest absolute Gasteiger partial charge is 0.189 e. The van der Waals surface area contributed by atoms with Gasteiger partial charge in [0.15, 0.2) is 5.11 Å². The highest BCUT2D eigenvalue weighted by atomic mass is 35.5. The summed E-state index contributed by atoms with van der Waals surface area (Å²) in [5.74, 6) is 0.682. The van der Waals surface area contributed by atoms with Crippen LogP contribution in [0.3, 0.4) is 0 Å². The predicted molar refractivity (Wildman–Crippen MR) is 102 cm³/mol. The average Bonchev–Trinajstić information content (AvgIpc) is 2.65. The van der Waals surface area contributed by atoms with Crippen molar-refractivity contribution in [1.82, 2.24) is 20.2 Å². The van der Waals surface area contributed by atoms with Gasteiger partial charge in [-0.3, -0.25) is 10.3 Å². The van der Waals surface area contributed by atoms with Gasteiger partial charge in [-0.25, -0.2) is 4.98 Å². The lowest BCUT2D eigenvalue weighted by Crippen LogP contribution is -2.57. The summed E-state index contributed by atoms with van der Waals surface area (Å²) in [5, 5.41) is 5.78. The molecule has 0 saturated carbocycles. The van der Waals surface area contributed by atoms with Crippen molar-refractivity contribution < 1.29 is 4.74 Å². The molecule has 6 nitrogen and oxygen atoms in total. The maximum Gasteiger partial charge on any atom is 0.189 e. The van der Waals surface area contributed by atoms with Gasteiger partial charge in [0.2, 0.25) is 0 Å². The van der Waals surface area contributed by atoms with Crippen LogP contribution in [-0.4, -0.2) is 64.4 Å². The first-order valence-corrected chi connectivity index (χ1v) is 9.63. The van der Waals surface area contributed by atoms with E-state index in [1.54, 1.807) is 12.3 Å². The van der Waals surface area contributed by atoms with Crippen molar-refractivity contribution in [3.05, 3.63) is 23.0 Å². The van der Waals surface area contributed by atoms with Crippen molar-refractivity contribution in [2.24, 2.45) is 5.10 Å². The molecule has 0 spiro atoms. The number of piperazine rings is 1. The number of aromatic nitrogens is 1. The highest BCUT2D eigenvalue weighted by Gasteiger charge is 2.30. The molecule has 4 heterocycles. The zero-order chi connectivity index (χ0) is 17.2. The second kappa shape index (κ2) is 7.43. The maximum atomic E-state index is 5.98. The second-order valence-electron chi connectivity index (χ2n) is 6.71. The molecule has 0 bridgehead atoms. The van der Waals surface area contributed by atoms with Gasteiger partial charge in [0.05, 0.1) is 17.3 Å². The number of nitrogens with one attached hydrogen (secondary N) is 1. The van der Waals surface area contributed by atoms with Crippen LogP contribution in [0.25, 0.3) is 0 Å². The number of nitrogens with zero attached hydrogens (tertiary/aromatic N) is 4. The lowest BCUT2D eigenvalue weighted by atomic mass is 10.00. The summed E-state index contributed by atoms with van der Waals surface area (Å²) < 4.78 is 5.61. The van der Waals surface area contributed by atoms with Gasteiger partial charge in [-0.1, -0.05) is 18.0 Å². The lowest BCUT2D eigenvalue weighted by Gasteiger charge is -2.44. The molecule has 0 aliphatic carbocycles. The molecule has 1 unspecified atom stereocenters. The van der Waals surface area contributed by atoms with Gasteiger partial charge in [0, 0.05) is 44.4 Å². The van der Waals surface area contributed by atoms with Crippen LogP contribution in [0.1, 0.15) is 31.4 Å². The Kier molecular flexibility index (Phi) is 5.05. The van der Waals surface area contributed by atoms with Gasteiger partial charge in [0.25, 0.3) is 0 Å². The predicted octanol–water partition coefficient (Wildman–Crippen LogP) is 2.27. The Morgan fingerprint density at radius 1 is 1.36 bits per heavy atom. The first-order chi connectivity index (χ1) is 12.2. The molecule has 3 aliphatic rings. The molecule has 2 fully saturated rings. The average molecular weight is 380 g/mol. The Morgan fingerprint density at radius 3 is 3.20 bits per heavy atom. The van der Waals surface area contributed by atoms with E-state index < -0.39 is 0 Å². The fourth-order valence-electron chi connectivity index (χ4n) is 3.76. The third-order valence-corrected chi connectivity index (χ3v) is 5.66. The van der Waals surface area contributed by atoms with E-state index in [1.165, 1.54) is 25.8 Å². The van der Waals surface area contributed by atoms with Crippen LogP contribution < -0.4 is 10.2 Å². The van der Waals surface area contributed by atoms with E-state index in [0.29, 0.717) is 35.0 Å². The summed E-state index contributed by atoms with van der Waals surface area (Å²) in [4.78, 5) is 9.18. The minimum absolute atomic E-state index is 0.564. The number of hydrazone groups is 1. The molecular formula is C17H22ClN5OS. The van der Waals surface area contributed by atoms with Gasteiger partial charge >= 0.3 is 0 Å². The van der Waals surface area contributed by atoms with Gasteiger partial charge in [-0.15, -0.1) is 0 Å². The molecule has 1 aromatic rings. The summed E-state index contributed by atoms with van der Waals surface area (Å²) in [6.07, 6.45) is 6.23. The van der Waals surface area contributed by atoms with E-state index in [4.69, 9.17) is 28.6 Å². The molecule has 2 saturated heterocycles. The van der Waals surface area contributed by atoms with E-state index in [9.17, 15) is 0 Å². The van der Waals surface area contributed by atoms with Crippen LogP contribution in [0.15, 0.2) is 17.4 Å². The fraction of sp³-hybridized carbons (Fsp3) is 0.588. The number of thiocarbonyl (C=S) groups is 1. The molecular weight excluding hydrogens is 358 g/mol. The molecule has 1 aromatic heterocycles. The molecule has 0 aromatic carbocycles. The largest absolute Gasteiger partial charge is 0.491 e. The Morgan fingerprint density at radius 2 is 2.28 bits per heavy atom. The summed E-state index contributed by atoms with van der Waals surface area (Å²) >= 11 is 11.6. The number of pyridine rings is 1. The molecule has 8 heteroatoms. The summed E-state index contributed by atoms with van der Waals surface area (Å²) in [6.45, 7) is 4.83. The molecule has 25 heavy (non-hydrogen) atoms. The fourth-order valence-corrected chi connectivity index (χ4v) is 4.12. The molecule has 134 valence electrons. The lowest BCUT2D eigenvalue weighted by molar-refractivity contribution is 0.0799. The number of fused-ring (bicyclic) bond motifs is 2. The van der Waals surface area contributed by atoms with Crippen LogP contribution in [0.4, 0.5) is 0 Å². The monoisotopic (exact) mass is 379 g/mol. The van der Waals surface area contributed by atoms with Crippen LogP contribution in [0.2, 0.25) is 5.02 Å². The zero-order valence-electron chi connectivity index (χ0n) is 14.1. The third kappa shape index (κ3) is 3.73. The number of hydrogen-bond donors (Lipinski definition) is 1. The van der Waals surface area contributed by atoms with Crippen molar-refractivity contribution in [1.29, 1.82) is 0 Å². The van der Waals surface area contributed by atoms with Crippen LogP contribution in [0, 0.1) is 0 Å². The molecule has 4 rings (SSSR count). The molecule has 0 amide bonds. The van der Waals surface area contributed by atoms with Crippen LogP contribution >= 0.6 is 23.8 Å². The molecule has 1 atom stereocenters. The van der Waals surface area contributed by atoms with E-state index >= 15 is 0 Å². The van der Waals surface area contributed by atoms with Gasteiger partial charge in [-0.05, 0) is 31.6 Å². The standard InChI is InChI=1S/C17H22ClN5OS/c18-12-9-15-16(19-10-12)14(4-8-24-15)20-21-17(25)23-7-6-22-5-2-1-3-13(22)11-23/h9-10,13H,1-8,11H2,(H,21,25)/b20-14-. The summed E-state index contributed by atoms with van der Waals surface area (Å²) in [6, 6.07) is 2.40. The Hall–Kier alpha value is -1.44. The van der Waals surface area contributed by atoms with Crippen LogP contribution in [-0.2, 0) is 0 Å². The minimum atomic E-state index is 0.564. The second-order valence-corrected chi connectivity index (χ2v) is 7.53. The quantitative estimate of drug-likeness (QED) is 0.596. The number of piperidine rings is 1. The summed E-state index contributed by atoms with van der Waals surface area (Å²) in [7, 11) is 0. The summed E-state index contributed by atoms with van der Waals surface area (Å²) in [5.41, 5.74) is 4.67. The molecule has 1 N–H and O–H groups in total. The van der Waals surface area contributed by atoms with Crippen LogP contribution in [0.5, 0.6) is 5.75 Å². The maximum absolute atomic E-state index is 5.98. The van der Waals surface area contributed by atoms with Gasteiger partial charge in [0.1, 0.15) is 11.4 Å². The van der Waals surface area contributed by atoms with Crippen molar-refractivity contribution >= 4 is 34.6 Å². The molecule has 3 aliphatic heterocycles. The number of halogens is 1. The highest BCUT2D eigenvalue weighted by molar-refractivity contribution is 7.80. The van der Waals surface area contributed by atoms with Crippen molar-refractivity contribution in [2.45, 2.75) is 31.7 Å².